The van der Waals surface area contributed by atoms with Crippen molar-refractivity contribution in [1.29, 1.82) is 0 Å². The molecule has 0 radical (unpaired) electrons. The summed E-state index contributed by atoms with van der Waals surface area (Å²) in [6.07, 6.45) is 1.91. The van der Waals surface area contributed by atoms with Gasteiger partial charge in [0.2, 0.25) is 0 Å². The van der Waals surface area contributed by atoms with Gasteiger partial charge in [-0.25, -0.2) is 4.79 Å². The summed E-state index contributed by atoms with van der Waals surface area (Å²) in [5.74, 6) is 0.640. The lowest BCUT2D eigenvalue weighted by atomic mass is 10.0. The Balaban J connectivity index is 2.35. The van der Waals surface area contributed by atoms with Crippen LogP contribution in [0.4, 0.5) is 4.79 Å². The molecule has 1 atom stereocenters. The number of hydrogen-bond donors (Lipinski definition) is 1. The molecule has 1 heterocycles. The van der Waals surface area contributed by atoms with Gasteiger partial charge in [0, 0.05) is 13.1 Å². The Morgan fingerprint density at radius 3 is 3.00 bits per heavy atom. The number of thiocarbonyl (C=S) groups is 1. The molecule has 0 spiro atoms. The molecule has 5 heteroatoms. The highest BCUT2D eigenvalue weighted by Gasteiger charge is 2.19. The normalized spacial score (nSPS) is 20.9. The van der Waals surface area contributed by atoms with Gasteiger partial charge in [-0.3, -0.25) is 5.32 Å². The molecule has 1 unspecified atom stereocenters. The average Bonchev–Trinajstić information content (AvgIpc) is 2.18. The molecule has 0 aromatic carbocycles. The first-order valence-corrected chi connectivity index (χ1v) is 5.77. The van der Waals surface area contributed by atoms with Crippen LogP contribution in [0.2, 0.25) is 0 Å². The van der Waals surface area contributed by atoms with E-state index in [1.54, 1.807) is 6.92 Å². The van der Waals surface area contributed by atoms with Crippen molar-refractivity contribution in [3.05, 3.63) is 0 Å². The number of hydrogen-bond acceptors (Lipinski definition) is 3. The van der Waals surface area contributed by atoms with Gasteiger partial charge in [-0.2, -0.15) is 0 Å². The fourth-order valence-corrected chi connectivity index (χ4v) is 1.96. The van der Waals surface area contributed by atoms with Crippen LogP contribution in [0.1, 0.15) is 26.7 Å². The standard InChI is InChI=1S/C10H18N2O2S/c1-3-14-10(13)11-9(15)12-6-4-5-8(2)7-12/h8H,3-7H2,1-2H3,(H,11,13,15). The van der Waals surface area contributed by atoms with E-state index in [4.69, 9.17) is 17.0 Å². The van der Waals surface area contributed by atoms with Gasteiger partial charge >= 0.3 is 6.09 Å². The summed E-state index contributed by atoms with van der Waals surface area (Å²) >= 11 is 5.13. The third-order valence-electron chi connectivity index (χ3n) is 2.43. The van der Waals surface area contributed by atoms with Gasteiger partial charge in [-0.05, 0) is 37.9 Å². The molecule has 86 valence electrons. The van der Waals surface area contributed by atoms with Crippen molar-refractivity contribution in [2.24, 2.45) is 5.92 Å². The Hall–Kier alpha value is -0.840. The fraction of sp³-hybridized carbons (Fsp3) is 0.800. The zero-order chi connectivity index (χ0) is 11.3. The Morgan fingerprint density at radius 2 is 2.40 bits per heavy atom. The summed E-state index contributed by atoms with van der Waals surface area (Å²) in [5.41, 5.74) is 0. The maximum absolute atomic E-state index is 11.1. The number of nitrogens with one attached hydrogen (secondary N) is 1. The summed E-state index contributed by atoms with van der Waals surface area (Å²) in [4.78, 5) is 13.2. The second kappa shape index (κ2) is 5.90. The second-order valence-electron chi connectivity index (χ2n) is 3.84. The van der Waals surface area contributed by atoms with Crippen LogP contribution in [0.5, 0.6) is 0 Å². The van der Waals surface area contributed by atoms with E-state index in [0.717, 1.165) is 19.5 Å². The van der Waals surface area contributed by atoms with Crippen LogP contribution < -0.4 is 5.32 Å². The molecular weight excluding hydrogens is 212 g/mol. The van der Waals surface area contributed by atoms with Crippen LogP contribution in [0.3, 0.4) is 0 Å². The zero-order valence-electron chi connectivity index (χ0n) is 9.28. The fourth-order valence-electron chi connectivity index (χ4n) is 1.71. The molecule has 1 fully saturated rings. The van der Waals surface area contributed by atoms with Crippen LogP contribution in [0.15, 0.2) is 0 Å². The van der Waals surface area contributed by atoms with Gasteiger partial charge in [-0.15, -0.1) is 0 Å². The van der Waals surface area contributed by atoms with E-state index < -0.39 is 6.09 Å². The van der Waals surface area contributed by atoms with E-state index >= 15 is 0 Å². The molecule has 1 rings (SSSR count). The molecule has 0 bridgehead atoms. The molecule has 15 heavy (non-hydrogen) atoms. The Kier molecular flexibility index (Phi) is 4.81. The van der Waals surface area contributed by atoms with Crippen LogP contribution >= 0.6 is 12.2 Å². The minimum Gasteiger partial charge on any atom is -0.450 e. The first-order chi connectivity index (χ1) is 7.13. The van der Waals surface area contributed by atoms with Crippen molar-refractivity contribution < 1.29 is 9.53 Å². The molecule has 0 aromatic heterocycles. The van der Waals surface area contributed by atoms with E-state index in [2.05, 4.69) is 12.2 Å². The van der Waals surface area contributed by atoms with Crippen LogP contribution in [-0.4, -0.2) is 35.8 Å². The molecule has 0 aliphatic carbocycles. The van der Waals surface area contributed by atoms with Crippen molar-refractivity contribution in [2.45, 2.75) is 26.7 Å². The molecule has 0 aromatic rings. The second-order valence-corrected chi connectivity index (χ2v) is 4.23. The monoisotopic (exact) mass is 230 g/mol. The van der Waals surface area contributed by atoms with Crippen molar-refractivity contribution in [2.75, 3.05) is 19.7 Å². The zero-order valence-corrected chi connectivity index (χ0v) is 10.1. The highest BCUT2D eigenvalue weighted by atomic mass is 32.1. The van der Waals surface area contributed by atoms with Crippen molar-refractivity contribution in [3.63, 3.8) is 0 Å². The van der Waals surface area contributed by atoms with Crippen molar-refractivity contribution >= 4 is 23.4 Å². The number of amides is 1. The first-order valence-electron chi connectivity index (χ1n) is 5.36. The largest absolute Gasteiger partial charge is 0.450 e. The quantitative estimate of drug-likeness (QED) is 0.697. The lowest BCUT2D eigenvalue weighted by Crippen LogP contribution is -2.46. The van der Waals surface area contributed by atoms with E-state index in [9.17, 15) is 4.79 Å². The summed E-state index contributed by atoms with van der Waals surface area (Å²) < 4.78 is 4.77. The highest BCUT2D eigenvalue weighted by molar-refractivity contribution is 7.80. The van der Waals surface area contributed by atoms with Gasteiger partial charge in [-0.1, -0.05) is 6.92 Å². The predicted octanol–water partition coefficient (Wildman–Crippen LogP) is 1.75. The molecule has 1 N–H and O–H groups in total. The summed E-state index contributed by atoms with van der Waals surface area (Å²) in [7, 11) is 0. The number of nitrogens with zero attached hydrogens (tertiary/aromatic N) is 1. The maximum Gasteiger partial charge on any atom is 0.413 e. The molecule has 1 aliphatic heterocycles. The van der Waals surface area contributed by atoms with Gasteiger partial charge in [0.15, 0.2) is 5.11 Å². The van der Waals surface area contributed by atoms with Crippen molar-refractivity contribution in [1.82, 2.24) is 10.2 Å². The van der Waals surface area contributed by atoms with Crippen molar-refractivity contribution in [3.8, 4) is 0 Å². The van der Waals surface area contributed by atoms with E-state index in [0.29, 0.717) is 17.6 Å². The first kappa shape index (κ1) is 12.2. The topological polar surface area (TPSA) is 41.6 Å². The Morgan fingerprint density at radius 1 is 1.67 bits per heavy atom. The van der Waals surface area contributed by atoms with E-state index in [-0.39, 0.29) is 0 Å². The van der Waals surface area contributed by atoms with E-state index in [1.807, 2.05) is 4.90 Å². The minimum atomic E-state index is -0.458. The number of likely N-dealkylation sites (tertiary alicyclic amines) is 1. The van der Waals surface area contributed by atoms with Crippen LogP contribution in [0.25, 0.3) is 0 Å². The van der Waals surface area contributed by atoms with Gasteiger partial charge in [0.1, 0.15) is 0 Å². The number of alkyl carbamates (subject to hydrolysis) is 1. The Bertz CT molecular complexity index is 246. The number of rotatable bonds is 1. The number of carbonyl (C=O) groups excluding carboxylic acids is 1. The number of carbonyl (C=O) groups is 1. The number of piperidine rings is 1. The summed E-state index contributed by atoms with van der Waals surface area (Å²) in [6.45, 7) is 6.18. The molecule has 4 nitrogen and oxygen atoms in total. The third-order valence-corrected chi connectivity index (χ3v) is 2.79. The SMILES string of the molecule is CCOC(=O)NC(=S)N1CCCC(C)C1. The van der Waals surface area contributed by atoms with Gasteiger partial charge in [0.25, 0.3) is 0 Å². The van der Waals surface area contributed by atoms with Crippen LogP contribution in [-0.2, 0) is 4.74 Å². The van der Waals surface area contributed by atoms with Gasteiger partial charge in [0.05, 0.1) is 6.61 Å². The van der Waals surface area contributed by atoms with E-state index in [1.165, 1.54) is 6.42 Å². The summed E-state index contributed by atoms with van der Waals surface area (Å²) in [5, 5.41) is 3.05. The third kappa shape index (κ3) is 4.03. The number of ether oxygens (including phenoxy) is 1. The minimum absolute atomic E-state index is 0.366. The molecule has 1 aliphatic rings. The Labute approximate surface area is 96.0 Å². The maximum atomic E-state index is 11.1. The lowest BCUT2D eigenvalue weighted by molar-refractivity contribution is 0.156. The molecule has 1 saturated heterocycles. The smallest absolute Gasteiger partial charge is 0.413 e. The lowest BCUT2D eigenvalue weighted by Gasteiger charge is -2.32. The predicted molar refractivity (Wildman–Crippen MR) is 62.7 cm³/mol. The van der Waals surface area contributed by atoms with Gasteiger partial charge < -0.3 is 9.64 Å². The molecule has 1 amide bonds. The summed E-state index contributed by atoms with van der Waals surface area (Å²) in [6, 6.07) is 0. The highest BCUT2D eigenvalue weighted by Crippen LogP contribution is 2.15. The van der Waals surface area contributed by atoms with Crippen LogP contribution in [0, 0.1) is 5.92 Å². The molecular formula is C10H18N2O2S. The molecule has 0 saturated carbocycles. The average molecular weight is 230 g/mol.